The predicted molar refractivity (Wildman–Crippen MR) is 258 cm³/mol. The molecule has 58 heavy (non-hydrogen) atoms. The first kappa shape index (κ1) is 37.0. The minimum atomic E-state index is -0.0743. The van der Waals surface area contributed by atoms with Gasteiger partial charge in [0, 0.05) is 10.8 Å². The normalized spacial score (nSPS) is 15.4. The molecular weight excluding hydrogens is 694 g/mol. The zero-order valence-electron chi connectivity index (χ0n) is 36.1. The molecule has 0 fully saturated rings. The van der Waals surface area contributed by atoms with E-state index < -0.39 is 0 Å². The standard InChI is InChI=1S/C52H44B2.C2H6.C2H4/c1-27(2)31-23-33-29-15-13-19-39-49(29)54(42-22-12-10-18-38(42)52(39,7)8)44-26-36-32(28(3)4)25-43-46-34(24-35(31)47(45(33)44)48(36)46)30-16-14-20-40-50(30)53(43)41-21-11-9-17-37(41)51(40,5)6;2*1-2/h9-28H,1-8H3;1-2H3;1-2H2. The van der Waals surface area contributed by atoms with Gasteiger partial charge in [-0.2, -0.15) is 0 Å². The Bertz CT molecular complexity index is 3020. The molecule has 0 nitrogen and oxygen atoms in total. The number of hydrogen-bond acceptors (Lipinski definition) is 0. The topological polar surface area (TPSA) is 0 Å². The van der Waals surface area contributed by atoms with Crippen LogP contribution in [0.25, 0.3) is 54.6 Å². The Kier molecular flexibility index (Phi) is 8.02. The Balaban J connectivity index is 0.000000992. The smallest absolute Gasteiger partial charge is 0.106 e. The van der Waals surface area contributed by atoms with Crippen molar-refractivity contribution in [3.05, 3.63) is 156 Å². The van der Waals surface area contributed by atoms with Gasteiger partial charge in [-0.1, -0.05) is 199 Å². The lowest BCUT2D eigenvalue weighted by Crippen LogP contribution is -2.63. The minimum Gasteiger partial charge on any atom is -0.106 e. The summed E-state index contributed by atoms with van der Waals surface area (Å²) in [5.74, 6) is 0.758. The van der Waals surface area contributed by atoms with Crippen LogP contribution in [0, 0.1) is 0 Å². The summed E-state index contributed by atoms with van der Waals surface area (Å²) in [5, 5.41) is 8.85. The van der Waals surface area contributed by atoms with Crippen LogP contribution in [0.2, 0.25) is 0 Å². The third-order valence-corrected chi connectivity index (χ3v) is 14.7. The van der Waals surface area contributed by atoms with E-state index in [1.54, 1.807) is 0 Å². The molecule has 2 heteroatoms. The maximum Gasteiger partial charge on any atom is 0.243 e. The second-order valence-corrected chi connectivity index (χ2v) is 18.7. The summed E-state index contributed by atoms with van der Waals surface area (Å²) in [6, 6.07) is 43.7. The van der Waals surface area contributed by atoms with Crippen molar-refractivity contribution in [1.82, 2.24) is 0 Å². The van der Waals surface area contributed by atoms with Crippen molar-refractivity contribution in [2.24, 2.45) is 0 Å². The highest BCUT2D eigenvalue weighted by molar-refractivity contribution is 7.01. The number of benzene rings is 8. The van der Waals surface area contributed by atoms with E-state index in [0.29, 0.717) is 11.8 Å². The average molecular weight is 749 g/mol. The molecule has 0 bridgehead atoms. The van der Waals surface area contributed by atoms with Crippen molar-refractivity contribution in [1.29, 1.82) is 0 Å². The summed E-state index contributed by atoms with van der Waals surface area (Å²) < 4.78 is 0. The molecule has 4 aliphatic heterocycles. The number of rotatable bonds is 2. The highest BCUT2D eigenvalue weighted by Crippen LogP contribution is 2.50. The van der Waals surface area contributed by atoms with Gasteiger partial charge in [0.1, 0.15) is 0 Å². The van der Waals surface area contributed by atoms with Gasteiger partial charge in [-0.15, -0.1) is 13.2 Å². The number of hydrogen-bond donors (Lipinski definition) is 0. The number of fused-ring (bicyclic) bond motifs is 8. The molecule has 0 amide bonds. The summed E-state index contributed by atoms with van der Waals surface area (Å²) in [6.07, 6.45) is 0. The van der Waals surface area contributed by atoms with Gasteiger partial charge in [-0.3, -0.25) is 0 Å². The molecule has 0 spiro atoms. The molecule has 0 radical (unpaired) electrons. The molecule has 8 aromatic carbocycles. The fourth-order valence-electron chi connectivity index (χ4n) is 12.4. The van der Waals surface area contributed by atoms with Crippen LogP contribution in [0.5, 0.6) is 0 Å². The van der Waals surface area contributed by atoms with Crippen molar-refractivity contribution in [2.75, 3.05) is 0 Å². The van der Waals surface area contributed by atoms with Gasteiger partial charge in [0.2, 0.25) is 13.4 Å². The van der Waals surface area contributed by atoms with Gasteiger partial charge in [0.25, 0.3) is 0 Å². The molecule has 0 saturated carbocycles. The highest BCUT2D eigenvalue weighted by atomic mass is 14.4. The Labute approximate surface area is 346 Å². The van der Waals surface area contributed by atoms with Crippen molar-refractivity contribution < 1.29 is 0 Å². The van der Waals surface area contributed by atoms with E-state index >= 15 is 0 Å². The summed E-state index contributed by atoms with van der Waals surface area (Å²) in [6.45, 7) is 29.8. The highest BCUT2D eigenvalue weighted by Gasteiger charge is 2.47. The molecule has 8 aromatic rings. The minimum absolute atomic E-state index is 0.0743. The first-order valence-corrected chi connectivity index (χ1v) is 21.8. The third kappa shape index (κ3) is 4.39. The van der Waals surface area contributed by atoms with E-state index in [1.165, 1.54) is 121 Å². The molecular formula is C56H54B2. The Morgan fingerprint density at radius 3 is 1.29 bits per heavy atom. The first-order valence-electron chi connectivity index (χ1n) is 21.8. The van der Waals surface area contributed by atoms with Crippen molar-refractivity contribution in [3.8, 4) is 22.3 Å². The summed E-state index contributed by atoms with van der Waals surface area (Å²) in [4.78, 5) is 0. The molecule has 4 aliphatic rings. The Hall–Kier alpha value is -5.33. The van der Waals surface area contributed by atoms with Crippen molar-refractivity contribution in [2.45, 2.75) is 91.9 Å². The van der Waals surface area contributed by atoms with E-state index in [4.69, 9.17) is 0 Å². The van der Waals surface area contributed by atoms with E-state index in [9.17, 15) is 0 Å². The maximum atomic E-state index is 3.00. The molecule has 4 heterocycles. The fraction of sp³-hybridized carbons (Fsp3) is 0.250. The van der Waals surface area contributed by atoms with Crippen LogP contribution in [0.4, 0.5) is 0 Å². The monoisotopic (exact) mass is 748 g/mol. The van der Waals surface area contributed by atoms with E-state index in [2.05, 4.69) is 178 Å². The van der Waals surface area contributed by atoms with E-state index in [0.717, 1.165) is 0 Å². The molecule has 0 unspecified atom stereocenters. The molecule has 0 N–H and O–H groups in total. The van der Waals surface area contributed by atoms with Gasteiger partial charge in [0.05, 0.1) is 0 Å². The molecule has 284 valence electrons. The lowest BCUT2D eigenvalue weighted by atomic mass is 9.28. The lowest BCUT2D eigenvalue weighted by Gasteiger charge is -2.43. The largest absolute Gasteiger partial charge is 0.243 e. The SMILES string of the molecule is C=C.CC.CC(C)c1cc2c3c(cc4c(C(C)C)cc5c6c(cc1c3c46)B1c3ccccc3C(C)(C)c3cccc-5c31)-c1cccc3c1B2c1ccccc1C3(C)C. The van der Waals surface area contributed by atoms with Crippen LogP contribution < -0.4 is 32.8 Å². The van der Waals surface area contributed by atoms with Crippen LogP contribution >= 0.6 is 0 Å². The summed E-state index contributed by atoms with van der Waals surface area (Å²) >= 11 is 0. The quantitative estimate of drug-likeness (QED) is 0.0938. The van der Waals surface area contributed by atoms with E-state index in [1.807, 2.05) is 13.8 Å². The van der Waals surface area contributed by atoms with Gasteiger partial charge in [-0.25, -0.2) is 0 Å². The second-order valence-electron chi connectivity index (χ2n) is 18.7. The average Bonchev–Trinajstić information content (AvgIpc) is 3.24. The molecule has 12 rings (SSSR count). The fourth-order valence-corrected chi connectivity index (χ4v) is 12.4. The van der Waals surface area contributed by atoms with Gasteiger partial charge in [0.15, 0.2) is 0 Å². The zero-order chi connectivity index (χ0) is 40.7. The molecule has 0 atom stereocenters. The predicted octanol–water partition coefficient (Wildman–Crippen LogP) is 10.9. The molecule has 0 aromatic heterocycles. The van der Waals surface area contributed by atoms with Crippen LogP contribution in [0.15, 0.2) is 122 Å². The van der Waals surface area contributed by atoms with E-state index in [-0.39, 0.29) is 24.3 Å². The second kappa shape index (κ2) is 12.6. The van der Waals surface area contributed by atoms with Crippen LogP contribution in [0.3, 0.4) is 0 Å². The van der Waals surface area contributed by atoms with Crippen LogP contribution in [-0.4, -0.2) is 13.4 Å². The van der Waals surface area contributed by atoms with Crippen LogP contribution in [-0.2, 0) is 10.8 Å². The third-order valence-electron chi connectivity index (χ3n) is 14.7. The Morgan fingerprint density at radius 2 is 0.810 bits per heavy atom. The maximum absolute atomic E-state index is 3.00. The molecule has 0 saturated heterocycles. The van der Waals surface area contributed by atoms with Gasteiger partial charge < -0.3 is 0 Å². The zero-order valence-corrected chi connectivity index (χ0v) is 36.1. The molecule has 0 aliphatic carbocycles. The first-order chi connectivity index (χ1) is 28.0. The van der Waals surface area contributed by atoms with Gasteiger partial charge in [-0.05, 0) is 112 Å². The van der Waals surface area contributed by atoms with Crippen molar-refractivity contribution in [3.63, 3.8) is 0 Å². The Morgan fingerprint density at radius 1 is 0.414 bits per heavy atom. The lowest BCUT2D eigenvalue weighted by molar-refractivity contribution is 0.646. The van der Waals surface area contributed by atoms with Crippen molar-refractivity contribution >= 4 is 78.5 Å². The van der Waals surface area contributed by atoms with Gasteiger partial charge >= 0.3 is 0 Å². The van der Waals surface area contributed by atoms with Crippen LogP contribution in [0.1, 0.15) is 114 Å². The summed E-state index contributed by atoms with van der Waals surface area (Å²) in [7, 11) is 0. The summed E-state index contributed by atoms with van der Waals surface area (Å²) in [5.41, 5.74) is 23.4.